The number of anilines is 1. The normalized spacial score (nSPS) is 12.1. The van der Waals surface area contributed by atoms with Gasteiger partial charge in [-0.3, -0.25) is 13.9 Å². The number of carbonyl (C=O) groups excluding carboxylic acids is 2. The van der Waals surface area contributed by atoms with E-state index in [-0.39, 0.29) is 29.8 Å². The Kier molecular flexibility index (Phi) is 10.6. The van der Waals surface area contributed by atoms with E-state index in [0.717, 1.165) is 16.1 Å². The Morgan fingerprint density at radius 2 is 1.69 bits per heavy atom. The number of ether oxygens (including phenoxy) is 2. The van der Waals surface area contributed by atoms with Crippen molar-refractivity contribution in [3.05, 3.63) is 54.1 Å². The third-order valence-electron chi connectivity index (χ3n) is 5.60. The predicted octanol–water partition coefficient (Wildman–Crippen LogP) is 3.05. The standard InChI is InChI=1S/C26H37N3O6S/c1-7-22(26(31)27-16-19(2)3)28(17-20-11-9-8-10-12-20)25(30)18-29(36(6,32)33)23-14-13-21(34-4)15-24(23)35-5/h8-15,19,22H,7,16-18H2,1-6H3,(H,27,31). The molecule has 0 saturated carbocycles. The molecular formula is C26H37N3O6S. The van der Waals surface area contributed by atoms with Crippen molar-refractivity contribution < 1.29 is 27.5 Å². The highest BCUT2D eigenvalue weighted by Crippen LogP contribution is 2.33. The molecule has 0 aliphatic heterocycles. The number of rotatable bonds is 13. The summed E-state index contributed by atoms with van der Waals surface area (Å²) in [7, 11) is -0.981. The number of methoxy groups -OCH3 is 2. The molecule has 2 aromatic rings. The number of hydrogen-bond acceptors (Lipinski definition) is 6. The second kappa shape index (κ2) is 13.2. The molecule has 2 rings (SSSR count). The average molecular weight is 520 g/mol. The van der Waals surface area contributed by atoms with Gasteiger partial charge in [-0.2, -0.15) is 0 Å². The van der Waals surface area contributed by atoms with Crippen LogP contribution >= 0.6 is 0 Å². The molecule has 1 N–H and O–H groups in total. The zero-order valence-electron chi connectivity index (χ0n) is 21.9. The lowest BCUT2D eigenvalue weighted by atomic mass is 10.1. The molecule has 0 aliphatic rings. The molecule has 0 radical (unpaired) electrons. The van der Waals surface area contributed by atoms with Crippen molar-refractivity contribution >= 4 is 27.5 Å². The number of carbonyl (C=O) groups is 2. The summed E-state index contributed by atoms with van der Waals surface area (Å²) in [4.78, 5) is 28.2. The molecule has 9 nitrogen and oxygen atoms in total. The van der Waals surface area contributed by atoms with E-state index >= 15 is 0 Å². The van der Waals surface area contributed by atoms with Crippen LogP contribution in [0.3, 0.4) is 0 Å². The summed E-state index contributed by atoms with van der Waals surface area (Å²) in [5, 5.41) is 2.90. The molecule has 2 aromatic carbocycles. The Hall–Kier alpha value is -3.27. The molecule has 1 unspecified atom stereocenters. The fourth-order valence-electron chi connectivity index (χ4n) is 3.71. The summed E-state index contributed by atoms with van der Waals surface area (Å²) >= 11 is 0. The quantitative estimate of drug-likeness (QED) is 0.436. The van der Waals surface area contributed by atoms with Gasteiger partial charge < -0.3 is 19.7 Å². The van der Waals surface area contributed by atoms with Crippen LogP contribution in [-0.4, -0.2) is 64.7 Å². The van der Waals surface area contributed by atoms with E-state index in [9.17, 15) is 18.0 Å². The van der Waals surface area contributed by atoms with Crippen LogP contribution in [-0.2, 0) is 26.2 Å². The zero-order chi connectivity index (χ0) is 26.9. The van der Waals surface area contributed by atoms with Crippen LogP contribution in [0.1, 0.15) is 32.8 Å². The van der Waals surface area contributed by atoms with Gasteiger partial charge in [-0.25, -0.2) is 8.42 Å². The van der Waals surface area contributed by atoms with Gasteiger partial charge in [-0.05, 0) is 30.0 Å². The van der Waals surface area contributed by atoms with E-state index in [4.69, 9.17) is 9.47 Å². The van der Waals surface area contributed by atoms with E-state index < -0.39 is 28.5 Å². The molecule has 198 valence electrons. The first kappa shape index (κ1) is 29.0. The average Bonchev–Trinajstić information content (AvgIpc) is 2.85. The highest BCUT2D eigenvalue weighted by Gasteiger charge is 2.32. The molecule has 10 heteroatoms. The fraction of sp³-hybridized carbons (Fsp3) is 0.462. The van der Waals surface area contributed by atoms with Gasteiger partial charge >= 0.3 is 0 Å². The highest BCUT2D eigenvalue weighted by molar-refractivity contribution is 7.92. The molecule has 0 fully saturated rings. The van der Waals surface area contributed by atoms with Crippen LogP contribution in [0, 0.1) is 5.92 Å². The van der Waals surface area contributed by atoms with E-state index in [2.05, 4.69) is 5.32 Å². The van der Waals surface area contributed by atoms with Crippen LogP contribution in [0.25, 0.3) is 0 Å². The third-order valence-corrected chi connectivity index (χ3v) is 6.73. The maximum Gasteiger partial charge on any atom is 0.244 e. The van der Waals surface area contributed by atoms with Crippen LogP contribution in [0.4, 0.5) is 5.69 Å². The fourth-order valence-corrected chi connectivity index (χ4v) is 4.56. The smallest absolute Gasteiger partial charge is 0.244 e. The first-order valence-corrected chi connectivity index (χ1v) is 13.7. The SMILES string of the molecule is CCC(C(=O)NCC(C)C)N(Cc1ccccc1)C(=O)CN(c1ccc(OC)cc1OC)S(C)(=O)=O. The molecule has 1 atom stereocenters. The van der Waals surface area contributed by atoms with E-state index in [1.54, 1.807) is 12.1 Å². The lowest BCUT2D eigenvalue weighted by molar-refractivity contribution is -0.140. The summed E-state index contributed by atoms with van der Waals surface area (Å²) in [6.07, 6.45) is 1.39. The second-order valence-electron chi connectivity index (χ2n) is 8.88. The second-order valence-corrected chi connectivity index (χ2v) is 10.8. The van der Waals surface area contributed by atoms with Gasteiger partial charge in [-0.1, -0.05) is 51.1 Å². The van der Waals surface area contributed by atoms with Crippen LogP contribution < -0.4 is 19.1 Å². The van der Waals surface area contributed by atoms with Gasteiger partial charge in [-0.15, -0.1) is 0 Å². The molecule has 0 aliphatic carbocycles. The lowest BCUT2D eigenvalue weighted by Gasteiger charge is -2.33. The van der Waals surface area contributed by atoms with Crippen molar-refractivity contribution in [1.29, 1.82) is 0 Å². The number of nitrogens with zero attached hydrogens (tertiary/aromatic N) is 2. The number of amides is 2. The van der Waals surface area contributed by atoms with Gasteiger partial charge in [0.2, 0.25) is 21.8 Å². The topological polar surface area (TPSA) is 105 Å². The number of benzene rings is 2. The van der Waals surface area contributed by atoms with Crippen LogP contribution in [0.5, 0.6) is 11.5 Å². The van der Waals surface area contributed by atoms with Crippen molar-refractivity contribution in [1.82, 2.24) is 10.2 Å². The predicted molar refractivity (Wildman–Crippen MR) is 141 cm³/mol. The minimum absolute atomic E-state index is 0.157. The largest absolute Gasteiger partial charge is 0.497 e. The van der Waals surface area contributed by atoms with Gasteiger partial charge in [0.05, 0.1) is 26.2 Å². The number of nitrogens with one attached hydrogen (secondary N) is 1. The summed E-state index contributed by atoms with van der Waals surface area (Å²) in [5.74, 6) is 0.183. The van der Waals surface area contributed by atoms with Crippen LogP contribution in [0.15, 0.2) is 48.5 Å². The van der Waals surface area contributed by atoms with Gasteiger partial charge in [0.25, 0.3) is 0 Å². The number of sulfonamides is 1. The van der Waals surface area contributed by atoms with E-state index in [0.29, 0.717) is 18.7 Å². The molecule has 2 amide bonds. The monoisotopic (exact) mass is 519 g/mol. The van der Waals surface area contributed by atoms with Crippen molar-refractivity contribution in [3.8, 4) is 11.5 Å². The van der Waals surface area contributed by atoms with Crippen LogP contribution in [0.2, 0.25) is 0 Å². The minimum atomic E-state index is -3.88. The Morgan fingerprint density at radius 3 is 2.22 bits per heavy atom. The van der Waals surface area contributed by atoms with Gasteiger partial charge in [0.15, 0.2) is 0 Å². The van der Waals surface area contributed by atoms with Gasteiger partial charge in [0.1, 0.15) is 24.1 Å². The molecular weight excluding hydrogens is 482 g/mol. The summed E-state index contributed by atoms with van der Waals surface area (Å²) in [6.45, 7) is 5.93. The maximum atomic E-state index is 13.7. The molecule has 0 spiro atoms. The summed E-state index contributed by atoms with van der Waals surface area (Å²) < 4.78 is 37.2. The highest BCUT2D eigenvalue weighted by atomic mass is 32.2. The lowest BCUT2D eigenvalue weighted by Crippen LogP contribution is -2.52. The van der Waals surface area contributed by atoms with E-state index in [1.165, 1.54) is 25.2 Å². The van der Waals surface area contributed by atoms with Crippen molar-refractivity contribution in [3.63, 3.8) is 0 Å². The first-order valence-electron chi connectivity index (χ1n) is 11.8. The van der Waals surface area contributed by atoms with Gasteiger partial charge in [0, 0.05) is 19.2 Å². The summed E-state index contributed by atoms with van der Waals surface area (Å²) in [6, 6.07) is 13.2. The van der Waals surface area contributed by atoms with E-state index in [1.807, 2.05) is 51.1 Å². The van der Waals surface area contributed by atoms with Crippen molar-refractivity contribution in [2.75, 3.05) is 37.9 Å². The molecule has 0 heterocycles. The maximum absolute atomic E-state index is 13.7. The Morgan fingerprint density at radius 1 is 1.03 bits per heavy atom. The minimum Gasteiger partial charge on any atom is -0.497 e. The first-order chi connectivity index (χ1) is 17.0. The third kappa shape index (κ3) is 7.87. The molecule has 0 aromatic heterocycles. The Balaban J connectivity index is 2.46. The summed E-state index contributed by atoms with van der Waals surface area (Å²) in [5.41, 5.74) is 1.03. The Bertz CT molecular complexity index is 1120. The van der Waals surface area contributed by atoms with Crippen molar-refractivity contribution in [2.45, 2.75) is 39.8 Å². The zero-order valence-corrected chi connectivity index (χ0v) is 22.7. The number of hydrogen-bond donors (Lipinski definition) is 1. The molecule has 0 bridgehead atoms. The Labute approximate surface area is 214 Å². The molecule has 0 saturated heterocycles. The van der Waals surface area contributed by atoms with Crippen molar-refractivity contribution in [2.24, 2.45) is 5.92 Å². The molecule has 36 heavy (non-hydrogen) atoms.